The molecule has 0 spiro atoms. The molecule has 0 heterocycles. The van der Waals surface area contributed by atoms with Crippen molar-refractivity contribution in [3.8, 4) is 0 Å². The van der Waals surface area contributed by atoms with Gasteiger partial charge in [0.15, 0.2) is 0 Å². The van der Waals surface area contributed by atoms with Gasteiger partial charge in [0.25, 0.3) is 0 Å². The van der Waals surface area contributed by atoms with E-state index in [2.05, 4.69) is 23.6 Å². The monoisotopic (exact) mass is 326 g/mol. The first-order chi connectivity index (χ1) is 4.00. The zero-order chi connectivity index (χ0) is 9.00. The van der Waals surface area contributed by atoms with Gasteiger partial charge in [0.05, 0.1) is 0 Å². The summed E-state index contributed by atoms with van der Waals surface area (Å²) in [5.74, 6) is 0. The molecular formula is H12N2O6P2S2Zn. The summed E-state index contributed by atoms with van der Waals surface area (Å²) >= 11 is 7.21. The summed E-state index contributed by atoms with van der Waals surface area (Å²) in [5, 5.41) is 0. The smallest absolute Gasteiger partial charge is 0.319 e. The SMILES string of the molecule is N.N.OP(O)(O)=S.OP(O)(O)=S.[Zn]. The quantitative estimate of drug-likeness (QED) is 0.196. The Morgan fingerprint density at radius 1 is 0.615 bits per heavy atom. The Balaban J connectivity index is -0.0000000267. The second kappa shape index (κ2) is 11.7. The van der Waals surface area contributed by atoms with Crippen LogP contribution >= 0.6 is 13.4 Å². The van der Waals surface area contributed by atoms with E-state index in [1.54, 1.807) is 0 Å². The van der Waals surface area contributed by atoms with Crippen molar-refractivity contribution in [1.82, 2.24) is 12.3 Å². The minimum atomic E-state index is -3.81. The minimum absolute atomic E-state index is 0. The van der Waals surface area contributed by atoms with Gasteiger partial charge < -0.3 is 41.7 Å². The van der Waals surface area contributed by atoms with Crippen molar-refractivity contribution in [1.29, 1.82) is 0 Å². The molecule has 0 aromatic carbocycles. The molecule has 8 nitrogen and oxygen atoms in total. The van der Waals surface area contributed by atoms with Gasteiger partial charge in [-0.3, -0.25) is 0 Å². The summed E-state index contributed by atoms with van der Waals surface area (Å²) in [6.07, 6.45) is 0. The molecule has 0 rings (SSSR count). The minimum Gasteiger partial charge on any atom is -0.344 e. The van der Waals surface area contributed by atoms with Crippen LogP contribution in [-0.4, -0.2) is 29.4 Å². The first kappa shape index (κ1) is 29.3. The Hall–Kier alpha value is 1.60. The van der Waals surface area contributed by atoms with Crippen molar-refractivity contribution in [3.05, 3.63) is 0 Å². The van der Waals surface area contributed by atoms with Crippen molar-refractivity contribution in [2.75, 3.05) is 0 Å². The Bertz CT molecular complexity index is 139. The molecule has 0 saturated carbocycles. The number of rotatable bonds is 0. The fourth-order valence-electron chi connectivity index (χ4n) is 0. The zero-order valence-corrected chi connectivity index (χ0v) is 12.9. The molecule has 0 amide bonds. The Morgan fingerprint density at radius 3 is 0.615 bits per heavy atom. The van der Waals surface area contributed by atoms with E-state index in [0.29, 0.717) is 0 Å². The molecule has 0 saturated heterocycles. The van der Waals surface area contributed by atoms with E-state index in [-0.39, 0.29) is 31.8 Å². The Labute approximate surface area is 98.1 Å². The molecule has 13 heteroatoms. The van der Waals surface area contributed by atoms with E-state index >= 15 is 0 Å². The predicted molar refractivity (Wildman–Crippen MR) is 51.9 cm³/mol. The maximum Gasteiger partial charge on any atom is 0.319 e. The van der Waals surface area contributed by atoms with Crippen molar-refractivity contribution < 1.29 is 48.8 Å². The fourth-order valence-corrected chi connectivity index (χ4v) is 0. The van der Waals surface area contributed by atoms with E-state index in [1.165, 1.54) is 0 Å². The molecule has 0 aliphatic heterocycles. The fraction of sp³-hybridized carbons (Fsp3) is 0. The van der Waals surface area contributed by atoms with Crippen LogP contribution in [0.2, 0.25) is 0 Å². The summed E-state index contributed by atoms with van der Waals surface area (Å²) in [7, 11) is 0. The maximum absolute atomic E-state index is 7.56. The average Bonchev–Trinajstić information content (AvgIpc) is 1.12. The van der Waals surface area contributed by atoms with Crippen LogP contribution in [0, 0.1) is 0 Å². The van der Waals surface area contributed by atoms with Gasteiger partial charge in [-0.05, 0) is 23.6 Å². The topological polar surface area (TPSA) is 191 Å². The van der Waals surface area contributed by atoms with Crippen LogP contribution in [-0.2, 0) is 43.1 Å². The van der Waals surface area contributed by atoms with Crippen LogP contribution < -0.4 is 12.3 Å². The van der Waals surface area contributed by atoms with Gasteiger partial charge >= 0.3 is 13.4 Å². The van der Waals surface area contributed by atoms with Crippen molar-refractivity contribution in [2.45, 2.75) is 0 Å². The molecule has 0 atom stereocenters. The first-order valence-electron chi connectivity index (χ1n) is 1.57. The molecule has 12 N–H and O–H groups in total. The molecule has 0 fully saturated rings. The Kier molecular flexibility index (Phi) is 26.3. The molecule has 0 bridgehead atoms. The molecule has 13 heavy (non-hydrogen) atoms. The van der Waals surface area contributed by atoms with Crippen LogP contribution in [0.1, 0.15) is 0 Å². The van der Waals surface area contributed by atoms with Gasteiger partial charge in [0.2, 0.25) is 0 Å². The summed E-state index contributed by atoms with van der Waals surface area (Å²) < 4.78 is 0. The summed E-state index contributed by atoms with van der Waals surface area (Å²) in [4.78, 5) is 45.3. The van der Waals surface area contributed by atoms with Crippen LogP contribution in [0.3, 0.4) is 0 Å². The van der Waals surface area contributed by atoms with Crippen molar-refractivity contribution in [3.63, 3.8) is 0 Å². The van der Waals surface area contributed by atoms with Gasteiger partial charge in [-0.15, -0.1) is 0 Å². The normalized spacial score (nSPS) is 9.08. The molecule has 0 aliphatic rings. The zero-order valence-electron chi connectivity index (χ0n) is 6.52. The molecule has 0 aromatic heterocycles. The largest absolute Gasteiger partial charge is 0.344 e. The third-order valence-corrected chi connectivity index (χ3v) is 0. The molecule has 0 aromatic rings. The average molecular weight is 328 g/mol. The second-order valence-electron chi connectivity index (χ2n) is 1.03. The first-order valence-corrected chi connectivity index (χ1v) is 6.89. The number of hydrogen-bond acceptors (Lipinski definition) is 4. The molecule has 0 unspecified atom stereocenters. The van der Waals surface area contributed by atoms with Crippen LogP contribution in [0.4, 0.5) is 0 Å². The molecule has 82 valence electrons. The van der Waals surface area contributed by atoms with E-state index < -0.39 is 13.4 Å². The van der Waals surface area contributed by atoms with Gasteiger partial charge in [0.1, 0.15) is 0 Å². The van der Waals surface area contributed by atoms with E-state index in [1.807, 2.05) is 0 Å². The maximum atomic E-state index is 7.56. The molecule has 0 radical (unpaired) electrons. The molecular weight excluding hydrogens is 315 g/mol. The van der Waals surface area contributed by atoms with E-state index in [9.17, 15) is 0 Å². The van der Waals surface area contributed by atoms with Gasteiger partial charge in [-0.25, -0.2) is 0 Å². The standard InChI is InChI=1S/2H3N.2H3O3PS.Zn/c;;2*1-4(2,3)5;/h2*1H3;2*(H3,1,2,3,5);. The van der Waals surface area contributed by atoms with Crippen LogP contribution in [0.25, 0.3) is 0 Å². The van der Waals surface area contributed by atoms with Crippen LogP contribution in [0.15, 0.2) is 0 Å². The van der Waals surface area contributed by atoms with Crippen molar-refractivity contribution >= 4 is 37.1 Å². The molecule has 0 aliphatic carbocycles. The third kappa shape index (κ3) is 712. The third-order valence-electron chi connectivity index (χ3n) is 0. The second-order valence-corrected chi connectivity index (χ2v) is 6.02. The van der Waals surface area contributed by atoms with E-state index in [4.69, 9.17) is 29.4 Å². The van der Waals surface area contributed by atoms with Crippen LogP contribution in [0.5, 0.6) is 0 Å². The summed E-state index contributed by atoms with van der Waals surface area (Å²) in [6.45, 7) is -7.61. The summed E-state index contributed by atoms with van der Waals surface area (Å²) in [6, 6.07) is 0. The van der Waals surface area contributed by atoms with Gasteiger partial charge in [-0.2, -0.15) is 0 Å². The van der Waals surface area contributed by atoms with Gasteiger partial charge in [0, 0.05) is 19.5 Å². The van der Waals surface area contributed by atoms with Gasteiger partial charge in [-0.1, -0.05) is 0 Å². The number of hydrogen-bond donors (Lipinski definition) is 8. The van der Waals surface area contributed by atoms with E-state index in [0.717, 1.165) is 0 Å². The summed E-state index contributed by atoms with van der Waals surface area (Å²) in [5.41, 5.74) is 0. The predicted octanol–water partition coefficient (Wildman–Crippen LogP) is -1.30. The Morgan fingerprint density at radius 2 is 0.615 bits per heavy atom. The van der Waals surface area contributed by atoms with Crippen molar-refractivity contribution in [2.24, 2.45) is 0 Å².